The van der Waals surface area contributed by atoms with Gasteiger partial charge in [0, 0.05) is 28.7 Å². The average molecular weight is 304 g/mol. The molecule has 0 spiro atoms. The summed E-state index contributed by atoms with van der Waals surface area (Å²) in [6.45, 7) is 0. The van der Waals surface area contributed by atoms with Crippen LogP contribution in [0.5, 0.6) is 0 Å². The van der Waals surface area contributed by atoms with Crippen molar-refractivity contribution in [3.8, 4) is 0 Å². The minimum atomic E-state index is -1.04. The Hall–Kier alpha value is -2.03. The molecule has 0 aromatic heterocycles. The highest BCUT2D eigenvalue weighted by molar-refractivity contribution is 7.91. The van der Waals surface area contributed by atoms with Crippen LogP contribution in [0.25, 0.3) is 0 Å². The third-order valence-electron chi connectivity index (χ3n) is 4.13. The number of rotatable bonds is 2. The molecule has 0 saturated carbocycles. The lowest BCUT2D eigenvalue weighted by Gasteiger charge is -2.22. The van der Waals surface area contributed by atoms with Gasteiger partial charge in [-0.2, -0.15) is 0 Å². The van der Waals surface area contributed by atoms with Gasteiger partial charge in [-0.15, -0.1) is 0 Å². The molecule has 1 aliphatic heterocycles. The third-order valence-corrected chi connectivity index (χ3v) is 5.72. The Bertz CT molecular complexity index is 811. The van der Waals surface area contributed by atoms with E-state index in [9.17, 15) is 4.55 Å². The zero-order valence-electron chi connectivity index (χ0n) is 12.2. The first-order chi connectivity index (χ1) is 10.8. The van der Waals surface area contributed by atoms with E-state index in [1.54, 1.807) is 0 Å². The van der Waals surface area contributed by atoms with Crippen molar-refractivity contribution >= 4 is 11.2 Å². The van der Waals surface area contributed by atoms with Gasteiger partial charge in [-0.05, 0) is 29.7 Å². The molecule has 2 heteroatoms. The lowest BCUT2D eigenvalue weighted by molar-refractivity contribution is 0.590. The van der Waals surface area contributed by atoms with Crippen molar-refractivity contribution in [2.24, 2.45) is 0 Å². The Morgan fingerprint density at radius 2 is 1.45 bits per heavy atom. The number of fused-ring (bicyclic) bond motifs is 2. The first-order valence-corrected chi connectivity index (χ1v) is 8.62. The third kappa shape index (κ3) is 2.45. The second-order valence-electron chi connectivity index (χ2n) is 5.66. The van der Waals surface area contributed by atoms with Gasteiger partial charge >= 0.3 is 0 Å². The normalized spacial score (nSPS) is 16.0. The number of benzene rings is 3. The standard InChI is InChI=1S/C20H16OS/c21-22-19-9-5-4-8-17(19)14-18-13-16(10-11-20(18)22)12-15-6-2-1-3-7-15/h1-11,13H,12,14H2. The first-order valence-electron chi connectivity index (χ1n) is 7.47. The molecule has 1 atom stereocenters. The van der Waals surface area contributed by atoms with Gasteiger partial charge in [-0.1, -0.05) is 60.7 Å². The minimum Gasteiger partial charge on any atom is -0.606 e. The molecule has 1 unspecified atom stereocenters. The van der Waals surface area contributed by atoms with Crippen molar-refractivity contribution in [1.29, 1.82) is 0 Å². The van der Waals surface area contributed by atoms with Gasteiger partial charge in [0.05, 0.1) is 0 Å². The van der Waals surface area contributed by atoms with Gasteiger partial charge in [0.1, 0.15) is 0 Å². The van der Waals surface area contributed by atoms with Crippen molar-refractivity contribution < 1.29 is 4.55 Å². The van der Waals surface area contributed by atoms with Crippen molar-refractivity contribution in [3.05, 3.63) is 95.1 Å². The molecule has 0 bridgehead atoms. The summed E-state index contributed by atoms with van der Waals surface area (Å²) >= 11 is -1.04. The summed E-state index contributed by atoms with van der Waals surface area (Å²) in [6, 6.07) is 24.9. The van der Waals surface area contributed by atoms with E-state index >= 15 is 0 Å². The van der Waals surface area contributed by atoms with Gasteiger partial charge < -0.3 is 4.55 Å². The van der Waals surface area contributed by atoms with E-state index in [0.717, 1.165) is 22.6 Å². The second kappa shape index (κ2) is 5.64. The highest BCUT2D eigenvalue weighted by Crippen LogP contribution is 2.34. The molecule has 0 N–H and O–H groups in total. The Morgan fingerprint density at radius 1 is 0.727 bits per heavy atom. The average Bonchev–Trinajstić information content (AvgIpc) is 2.56. The van der Waals surface area contributed by atoms with E-state index < -0.39 is 11.2 Å². The summed E-state index contributed by atoms with van der Waals surface area (Å²) in [5.41, 5.74) is 4.97. The number of hydrogen-bond acceptors (Lipinski definition) is 1. The lowest BCUT2D eigenvalue weighted by Crippen LogP contribution is -2.14. The summed E-state index contributed by atoms with van der Waals surface area (Å²) in [4.78, 5) is 1.93. The molecular formula is C20H16OS. The second-order valence-corrected chi connectivity index (χ2v) is 7.07. The molecule has 0 fully saturated rings. The molecule has 22 heavy (non-hydrogen) atoms. The zero-order chi connectivity index (χ0) is 14.9. The fourth-order valence-corrected chi connectivity index (χ4v) is 4.43. The van der Waals surface area contributed by atoms with Crippen molar-refractivity contribution in [2.75, 3.05) is 0 Å². The summed E-state index contributed by atoms with van der Waals surface area (Å²) in [5.74, 6) is 0. The van der Waals surface area contributed by atoms with Crippen LogP contribution in [0.2, 0.25) is 0 Å². The zero-order valence-corrected chi connectivity index (χ0v) is 13.0. The SMILES string of the molecule is [O-][S+]1c2ccccc2Cc2cc(Cc3ccccc3)ccc21. The van der Waals surface area contributed by atoms with E-state index in [2.05, 4.69) is 42.5 Å². The Balaban J connectivity index is 1.69. The highest BCUT2D eigenvalue weighted by atomic mass is 32.2. The maximum absolute atomic E-state index is 12.7. The van der Waals surface area contributed by atoms with Gasteiger partial charge in [-0.25, -0.2) is 0 Å². The first kappa shape index (κ1) is 13.6. The lowest BCUT2D eigenvalue weighted by atomic mass is 9.99. The Morgan fingerprint density at radius 3 is 2.32 bits per heavy atom. The summed E-state index contributed by atoms with van der Waals surface area (Å²) in [5, 5.41) is 0. The van der Waals surface area contributed by atoms with Crippen LogP contribution in [0.4, 0.5) is 0 Å². The molecule has 0 saturated heterocycles. The molecule has 108 valence electrons. The van der Waals surface area contributed by atoms with Gasteiger partial charge in [0.25, 0.3) is 0 Å². The molecule has 1 nitrogen and oxygen atoms in total. The van der Waals surface area contributed by atoms with Gasteiger partial charge in [0.2, 0.25) is 0 Å². The van der Waals surface area contributed by atoms with E-state index in [-0.39, 0.29) is 0 Å². The van der Waals surface area contributed by atoms with E-state index in [0.29, 0.717) is 0 Å². The van der Waals surface area contributed by atoms with Crippen LogP contribution in [-0.4, -0.2) is 4.55 Å². The van der Waals surface area contributed by atoms with Crippen LogP contribution in [0.3, 0.4) is 0 Å². The van der Waals surface area contributed by atoms with Crippen LogP contribution in [0.15, 0.2) is 82.6 Å². The molecule has 3 aromatic carbocycles. The van der Waals surface area contributed by atoms with Crippen LogP contribution in [0, 0.1) is 0 Å². The molecule has 4 rings (SSSR count). The summed E-state index contributed by atoms with van der Waals surface area (Å²) in [6.07, 6.45) is 1.79. The molecule has 0 radical (unpaired) electrons. The largest absolute Gasteiger partial charge is 0.606 e. The quantitative estimate of drug-likeness (QED) is 0.646. The molecule has 0 amide bonds. The van der Waals surface area contributed by atoms with E-state index in [1.165, 1.54) is 22.3 Å². The monoisotopic (exact) mass is 304 g/mol. The smallest absolute Gasteiger partial charge is 0.161 e. The topological polar surface area (TPSA) is 23.1 Å². The van der Waals surface area contributed by atoms with Crippen LogP contribution < -0.4 is 0 Å². The fraction of sp³-hybridized carbons (Fsp3) is 0.100. The van der Waals surface area contributed by atoms with Gasteiger partial charge in [-0.3, -0.25) is 0 Å². The molecule has 0 aliphatic carbocycles. The molecular weight excluding hydrogens is 288 g/mol. The summed E-state index contributed by atoms with van der Waals surface area (Å²) in [7, 11) is 0. The minimum absolute atomic E-state index is 0.875. The van der Waals surface area contributed by atoms with E-state index in [1.807, 2.05) is 30.3 Å². The van der Waals surface area contributed by atoms with Crippen LogP contribution in [-0.2, 0) is 24.0 Å². The predicted molar refractivity (Wildman–Crippen MR) is 89.6 cm³/mol. The Kier molecular flexibility index (Phi) is 3.49. The molecule has 1 aliphatic rings. The van der Waals surface area contributed by atoms with Crippen molar-refractivity contribution in [1.82, 2.24) is 0 Å². The fourth-order valence-electron chi connectivity index (χ4n) is 3.05. The van der Waals surface area contributed by atoms with Crippen molar-refractivity contribution in [3.63, 3.8) is 0 Å². The van der Waals surface area contributed by atoms with E-state index in [4.69, 9.17) is 0 Å². The van der Waals surface area contributed by atoms with Gasteiger partial charge in [0.15, 0.2) is 9.79 Å². The maximum Gasteiger partial charge on any atom is 0.161 e. The Labute approximate surface area is 133 Å². The van der Waals surface area contributed by atoms with Crippen molar-refractivity contribution in [2.45, 2.75) is 22.6 Å². The molecule has 3 aromatic rings. The summed E-state index contributed by atoms with van der Waals surface area (Å²) < 4.78 is 12.7. The predicted octanol–water partition coefficient (Wildman–Crippen LogP) is 4.35. The highest BCUT2D eigenvalue weighted by Gasteiger charge is 2.27. The molecule has 1 heterocycles. The van der Waals surface area contributed by atoms with Crippen LogP contribution >= 0.6 is 0 Å². The number of hydrogen-bond donors (Lipinski definition) is 0. The van der Waals surface area contributed by atoms with Crippen LogP contribution in [0.1, 0.15) is 22.3 Å². The maximum atomic E-state index is 12.7.